The molecule has 0 spiro atoms. The highest BCUT2D eigenvalue weighted by Crippen LogP contribution is 2.18. The fourth-order valence-corrected chi connectivity index (χ4v) is 1.77. The minimum absolute atomic E-state index is 0.195. The molecule has 2 aromatic heterocycles. The van der Waals surface area contributed by atoms with Crippen LogP contribution < -0.4 is 5.32 Å². The molecular formula is C14H17N3O3. The second-order valence-electron chi connectivity index (χ2n) is 4.46. The molecule has 0 aliphatic heterocycles. The Morgan fingerprint density at radius 3 is 2.90 bits per heavy atom. The Kier molecular flexibility index (Phi) is 4.84. The van der Waals surface area contributed by atoms with Crippen LogP contribution in [-0.2, 0) is 0 Å². The van der Waals surface area contributed by atoms with Crippen LogP contribution in [0.4, 0.5) is 0 Å². The van der Waals surface area contributed by atoms with Crippen LogP contribution in [0.15, 0.2) is 35.1 Å². The molecular weight excluding hydrogens is 258 g/mol. The second kappa shape index (κ2) is 6.81. The molecule has 1 atom stereocenters. The van der Waals surface area contributed by atoms with Gasteiger partial charge in [-0.25, -0.2) is 0 Å². The van der Waals surface area contributed by atoms with E-state index in [9.17, 15) is 9.90 Å². The van der Waals surface area contributed by atoms with Crippen LogP contribution in [0, 0.1) is 0 Å². The van der Waals surface area contributed by atoms with Gasteiger partial charge in [0.05, 0.1) is 6.10 Å². The summed E-state index contributed by atoms with van der Waals surface area (Å²) >= 11 is 0. The molecule has 0 aromatic carbocycles. The lowest BCUT2D eigenvalue weighted by atomic mass is 10.2. The van der Waals surface area contributed by atoms with E-state index in [1.807, 2.05) is 6.92 Å². The lowest BCUT2D eigenvalue weighted by molar-refractivity contribution is 0.0901. The van der Waals surface area contributed by atoms with Crippen molar-refractivity contribution < 1.29 is 14.4 Å². The fraction of sp³-hybridized carbons (Fsp3) is 0.357. The van der Waals surface area contributed by atoms with Crippen LogP contribution in [0.3, 0.4) is 0 Å². The zero-order chi connectivity index (χ0) is 14.4. The first-order valence-electron chi connectivity index (χ1n) is 6.54. The van der Waals surface area contributed by atoms with Gasteiger partial charge in [-0.3, -0.25) is 9.78 Å². The predicted octanol–water partition coefficient (Wildman–Crippen LogP) is 1.63. The van der Waals surface area contributed by atoms with Gasteiger partial charge in [0.25, 0.3) is 5.91 Å². The smallest absolute Gasteiger partial charge is 0.273 e. The summed E-state index contributed by atoms with van der Waals surface area (Å²) in [4.78, 5) is 15.8. The molecule has 1 unspecified atom stereocenters. The highest BCUT2D eigenvalue weighted by molar-refractivity contribution is 5.93. The summed E-state index contributed by atoms with van der Waals surface area (Å²) in [6.45, 7) is 2.19. The molecule has 20 heavy (non-hydrogen) atoms. The average molecular weight is 275 g/mol. The van der Waals surface area contributed by atoms with Gasteiger partial charge in [-0.15, -0.1) is 0 Å². The Morgan fingerprint density at radius 1 is 1.45 bits per heavy atom. The SMILES string of the molecule is CCCC(O)CNC(=O)c1cc(-c2ccncc2)on1. The number of amides is 1. The zero-order valence-corrected chi connectivity index (χ0v) is 11.2. The first kappa shape index (κ1) is 14.2. The van der Waals surface area contributed by atoms with Gasteiger partial charge in [-0.05, 0) is 18.6 Å². The van der Waals surface area contributed by atoms with Crippen LogP contribution >= 0.6 is 0 Å². The van der Waals surface area contributed by atoms with Gasteiger partial charge >= 0.3 is 0 Å². The van der Waals surface area contributed by atoms with Crippen molar-refractivity contribution in [3.63, 3.8) is 0 Å². The van der Waals surface area contributed by atoms with Gasteiger partial charge in [0.1, 0.15) is 0 Å². The Bertz CT molecular complexity index is 554. The van der Waals surface area contributed by atoms with E-state index in [0.29, 0.717) is 12.2 Å². The van der Waals surface area contributed by atoms with E-state index >= 15 is 0 Å². The number of rotatable bonds is 6. The van der Waals surface area contributed by atoms with Crippen molar-refractivity contribution in [1.82, 2.24) is 15.5 Å². The number of hydrogen-bond acceptors (Lipinski definition) is 5. The lowest BCUT2D eigenvalue weighted by Crippen LogP contribution is -2.32. The summed E-state index contributed by atoms with van der Waals surface area (Å²) in [7, 11) is 0. The van der Waals surface area contributed by atoms with Crippen molar-refractivity contribution in [2.24, 2.45) is 0 Å². The van der Waals surface area contributed by atoms with Gasteiger partial charge in [0.2, 0.25) is 0 Å². The molecule has 0 radical (unpaired) electrons. The van der Waals surface area contributed by atoms with Crippen molar-refractivity contribution in [3.8, 4) is 11.3 Å². The highest BCUT2D eigenvalue weighted by atomic mass is 16.5. The largest absolute Gasteiger partial charge is 0.391 e. The molecule has 2 N–H and O–H groups in total. The van der Waals surface area contributed by atoms with Crippen molar-refractivity contribution in [1.29, 1.82) is 0 Å². The summed E-state index contributed by atoms with van der Waals surface area (Å²) in [5.41, 5.74) is 0.998. The molecule has 0 bridgehead atoms. The number of carbonyl (C=O) groups excluding carboxylic acids is 1. The van der Waals surface area contributed by atoms with Gasteiger partial charge in [-0.1, -0.05) is 18.5 Å². The fourth-order valence-electron chi connectivity index (χ4n) is 1.77. The second-order valence-corrected chi connectivity index (χ2v) is 4.46. The summed E-state index contributed by atoms with van der Waals surface area (Å²) in [6, 6.07) is 5.11. The topological polar surface area (TPSA) is 88.2 Å². The van der Waals surface area contributed by atoms with E-state index in [1.165, 1.54) is 0 Å². The quantitative estimate of drug-likeness (QED) is 0.836. The summed E-state index contributed by atoms with van der Waals surface area (Å²) in [6.07, 6.45) is 4.27. The molecule has 1 amide bonds. The van der Waals surface area contributed by atoms with Crippen LogP contribution in [0.5, 0.6) is 0 Å². The third kappa shape index (κ3) is 3.64. The van der Waals surface area contributed by atoms with Crippen LogP contribution in [0.2, 0.25) is 0 Å². The molecule has 2 rings (SSSR count). The molecule has 0 aliphatic rings. The number of aromatic nitrogens is 2. The summed E-state index contributed by atoms with van der Waals surface area (Å²) in [5.74, 6) is 0.149. The number of pyridine rings is 1. The summed E-state index contributed by atoms with van der Waals surface area (Å²) in [5, 5.41) is 15.9. The van der Waals surface area contributed by atoms with Crippen LogP contribution in [0.25, 0.3) is 11.3 Å². The van der Waals surface area contributed by atoms with Crippen molar-refractivity contribution in [2.45, 2.75) is 25.9 Å². The molecule has 6 nitrogen and oxygen atoms in total. The highest BCUT2D eigenvalue weighted by Gasteiger charge is 2.14. The third-order valence-corrected chi connectivity index (χ3v) is 2.83. The van der Waals surface area contributed by atoms with E-state index in [0.717, 1.165) is 12.0 Å². The molecule has 0 saturated heterocycles. The first-order valence-corrected chi connectivity index (χ1v) is 6.54. The molecule has 2 aromatic rings. The van der Waals surface area contributed by atoms with E-state index in [2.05, 4.69) is 15.5 Å². The predicted molar refractivity (Wildman–Crippen MR) is 73.0 cm³/mol. The summed E-state index contributed by atoms with van der Waals surface area (Å²) < 4.78 is 5.13. The number of carbonyl (C=O) groups is 1. The van der Waals surface area contributed by atoms with Gasteiger partial charge in [0, 0.05) is 30.6 Å². The van der Waals surface area contributed by atoms with Gasteiger partial charge < -0.3 is 14.9 Å². The first-order chi connectivity index (χ1) is 9.70. The van der Waals surface area contributed by atoms with E-state index in [-0.39, 0.29) is 18.1 Å². The van der Waals surface area contributed by atoms with Gasteiger partial charge in [-0.2, -0.15) is 0 Å². The molecule has 0 fully saturated rings. The maximum Gasteiger partial charge on any atom is 0.273 e. The number of nitrogens with one attached hydrogen (secondary N) is 1. The van der Waals surface area contributed by atoms with Crippen LogP contribution in [-0.4, -0.2) is 33.8 Å². The standard InChI is InChI=1S/C14H17N3O3/c1-2-3-11(18)9-16-14(19)12-8-13(20-17-12)10-4-6-15-7-5-10/h4-8,11,18H,2-3,9H2,1H3,(H,16,19). The Morgan fingerprint density at radius 2 is 2.20 bits per heavy atom. The number of aliphatic hydroxyl groups excluding tert-OH is 1. The number of hydrogen-bond donors (Lipinski definition) is 2. The van der Waals surface area contributed by atoms with Gasteiger partial charge in [0.15, 0.2) is 11.5 Å². The average Bonchev–Trinajstić information content (AvgIpc) is 2.96. The Labute approximate surface area is 116 Å². The Hall–Kier alpha value is -2.21. The molecule has 6 heteroatoms. The number of nitrogens with zero attached hydrogens (tertiary/aromatic N) is 2. The molecule has 2 heterocycles. The number of aliphatic hydroxyl groups is 1. The van der Waals surface area contributed by atoms with Crippen molar-refractivity contribution in [2.75, 3.05) is 6.54 Å². The maximum atomic E-state index is 11.8. The van der Waals surface area contributed by atoms with E-state index < -0.39 is 6.10 Å². The van der Waals surface area contributed by atoms with E-state index in [1.54, 1.807) is 30.6 Å². The normalized spacial score (nSPS) is 12.1. The molecule has 0 saturated carbocycles. The van der Waals surface area contributed by atoms with Crippen molar-refractivity contribution >= 4 is 5.91 Å². The minimum atomic E-state index is -0.532. The molecule has 106 valence electrons. The minimum Gasteiger partial charge on any atom is -0.391 e. The van der Waals surface area contributed by atoms with Crippen LogP contribution in [0.1, 0.15) is 30.3 Å². The monoisotopic (exact) mass is 275 g/mol. The molecule has 0 aliphatic carbocycles. The Balaban J connectivity index is 1.97. The maximum absolute atomic E-state index is 11.8. The lowest BCUT2D eigenvalue weighted by Gasteiger charge is -2.09. The zero-order valence-electron chi connectivity index (χ0n) is 11.2. The van der Waals surface area contributed by atoms with E-state index in [4.69, 9.17) is 4.52 Å². The third-order valence-electron chi connectivity index (χ3n) is 2.83. The van der Waals surface area contributed by atoms with Crippen molar-refractivity contribution in [3.05, 3.63) is 36.3 Å².